The van der Waals surface area contributed by atoms with Crippen LogP contribution < -0.4 is 10.2 Å². The molecule has 0 radical (unpaired) electrons. The molecule has 1 N–H and O–H groups in total. The molecule has 0 unspecified atom stereocenters. The predicted octanol–water partition coefficient (Wildman–Crippen LogP) is 4.51. The minimum absolute atomic E-state index is 0.0745. The molecule has 1 aromatic carbocycles. The summed E-state index contributed by atoms with van der Waals surface area (Å²) in [6, 6.07) is 7.86. The molecular formula is C26H32FN5O. The number of nitrogens with zero attached hydrogens (tertiary/aromatic N) is 4. The highest BCUT2D eigenvalue weighted by molar-refractivity contribution is 5.81. The first kappa shape index (κ1) is 21.9. The van der Waals surface area contributed by atoms with Gasteiger partial charge >= 0.3 is 0 Å². The van der Waals surface area contributed by atoms with Gasteiger partial charge in [0, 0.05) is 31.2 Å². The average Bonchev–Trinajstić information content (AvgIpc) is 3.44. The number of amides is 1. The number of aryl methyl sites for hydroxylation is 2. The molecule has 1 amide bonds. The van der Waals surface area contributed by atoms with Crippen LogP contribution in [0.25, 0.3) is 11.0 Å². The van der Waals surface area contributed by atoms with Crippen molar-refractivity contribution in [3.05, 3.63) is 53.1 Å². The van der Waals surface area contributed by atoms with Crippen LogP contribution in [0.5, 0.6) is 0 Å². The van der Waals surface area contributed by atoms with Crippen molar-refractivity contribution < 1.29 is 9.18 Å². The van der Waals surface area contributed by atoms with Gasteiger partial charge in [-0.1, -0.05) is 18.9 Å². The average molecular weight is 450 g/mol. The smallest absolute Gasteiger partial charge is 0.223 e. The monoisotopic (exact) mass is 449 g/mol. The quantitative estimate of drug-likeness (QED) is 0.582. The number of halogens is 1. The maximum Gasteiger partial charge on any atom is 0.223 e. The second-order valence-corrected chi connectivity index (χ2v) is 9.66. The summed E-state index contributed by atoms with van der Waals surface area (Å²) in [4.78, 5) is 23.9. The number of benzene rings is 1. The Morgan fingerprint density at radius 3 is 2.52 bits per heavy atom. The third-order valence-corrected chi connectivity index (χ3v) is 7.32. The summed E-state index contributed by atoms with van der Waals surface area (Å²) in [5.74, 6) is 0.733. The fourth-order valence-electron chi connectivity index (χ4n) is 5.18. The molecule has 2 aromatic heterocycles. The lowest BCUT2D eigenvalue weighted by Crippen LogP contribution is -2.43. The molecule has 3 heterocycles. The molecule has 2 aliphatic rings. The normalized spacial score (nSPS) is 17.7. The standard InChI is InChI=1S/C26H32FN5O/c1-17-13-22-23(14-18(17)2)32(16-19-7-8-24(27)28-15-19)26(30-22)31-11-9-20(10-12-31)25(33)29-21-5-3-4-6-21/h7-8,13-15,20-21H,3-6,9-12,16H2,1-2H3,(H,29,33). The van der Waals surface area contributed by atoms with E-state index in [-0.39, 0.29) is 11.8 Å². The molecule has 2 fully saturated rings. The van der Waals surface area contributed by atoms with Gasteiger partial charge in [0.05, 0.1) is 17.6 Å². The molecule has 7 heteroatoms. The van der Waals surface area contributed by atoms with E-state index < -0.39 is 5.95 Å². The lowest BCUT2D eigenvalue weighted by atomic mass is 9.95. The van der Waals surface area contributed by atoms with Gasteiger partial charge in [-0.25, -0.2) is 9.97 Å². The Labute approximate surface area is 194 Å². The predicted molar refractivity (Wildman–Crippen MR) is 128 cm³/mol. The first-order valence-electron chi connectivity index (χ1n) is 12.1. The summed E-state index contributed by atoms with van der Waals surface area (Å²) in [5.41, 5.74) is 5.39. The zero-order valence-corrected chi connectivity index (χ0v) is 19.5. The fraction of sp³-hybridized carbons (Fsp3) is 0.500. The van der Waals surface area contributed by atoms with Gasteiger partial charge < -0.3 is 14.8 Å². The zero-order chi connectivity index (χ0) is 22.9. The first-order chi connectivity index (χ1) is 16.0. The van der Waals surface area contributed by atoms with Gasteiger partial charge in [-0.2, -0.15) is 4.39 Å². The van der Waals surface area contributed by atoms with Crippen molar-refractivity contribution in [1.29, 1.82) is 0 Å². The van der Waals surface area contributed by atoms with E-state index in [1.54, 1.807) is 12.3 Å². The Kier molecular flexibility index (Phi) is 6.04. The summed E-state index contributed by atoms with van der Waals surface area (Å²) in [7, 11) is 0. The largest absolute Gasteiger partial charge is 0.353 e. The van der Waals surface area contributed by atoms with E-state index >= 15 is 0 Å². The molecule has 1 aliphatic heterocycles. The number of hydrogen-bond donors (Lipinski definition) is 1. The van der Waals surface area contributed by atoms with Crippen molar-refractivity contribution >= 4 is 22.9 Å². The number of carbonyl (C=O) groups excluding carboxylic acids is 1. The van der Waals surface area contributed by atoms with E-state index in [2.05, 4.69) is 45.7 Å². The van der Waals surface area contributed by atoms with Gasteiger partial charge in [-0.15, -0.1) is 0 Å². The third kappa shape index (κ3) is 4.59. The van der Waals surface area contributed by atoms with Crippen molar-refractivity contribution in [3.63, 3.8) is 0 Å². The number of pyridine rings is 1. The maximum absolute atomic E-state index is 13.3. The molecule has 1 saturated heterocycles. The van der Waals surface area contributed by atoms with Gasteiger partial charge in [0.15, 0.2) is 0 Å². The Morgan fingerprint density at radius 2 is 1.82 bits per heavy atom. The second kappa shape index (κ2) is 9.12. The van der Waals surface area contributed by atoms with Crippen LogP contribution in [-0.4, -0.2) is 39.6 Å². The molecule has 1 saturated carbocycles. The van der Waals surface area contributed by atoms with Crippen LogP contribution in [0.15, 0.2) is 30.5 Å². The number of imidazole rings is 1. The molecule has 0 spiro atoms. The fourth-order valence-corrected chi connectivity index (χ4v) is 5.18. The molecule has 33 heavy (non-hydrogen) atoms. The van der Waals surface area contributed by atoms with Crippen LogP contribution in [-0.2, 0) is 11.3 Å². The summed E-state index contributed by atoms with van der Waals surface area (Å²) >= 11 is 0. The number of piperidine rings is 1. The van der Waals surface area contributed by atoms with E-state index in [4.69, 9.17) is 4.98 Å². The van der Waals surface area contributed by atoms with Gasteiger partial charge in [0.1, 0.15) is 0 Å². The zero-order valence-electron chi connectivity index (χ0n) is 19.5. The number of fused-ring (bicyclic) bond motifs is 1. The Balaban J connectivity index is 1.38. The molecule has 5 rings (SSSR count). The second-order valence-electron chi connectivity index (χ2n) is 9.66. The van der Waals surface area contributed by atoms with Gasteiger partial charge in [-0.05, 0) is 74.4 Å². The molecule has 3 aromatic rings. The first-order valence-corrected chi connectivity index (χ1v) is 12.1. The van der Waals surface area contributed by atoms with E-state index in [1.165, 1.54) is 30.0 Å². The van der Waals surface area contributed by atoms with Crippen molar-refractivity contribution in [1.82, 2.24) is 19.9 Å². The highest BCUT2D eigenvalue weighted by atomic mass is 19.1. The van der Waals surface area contributed by atoms with Crippen LogP contribution in [0.2, 0.25) is 0 Å². The molecule has 174 valence electrons. The van der Waals surface area contributed by atoms with Gasteiger partial charge in [0.2, 0.25) is 17.8 Å². The van der Waals surface area contributed by atoms with E-state index in [0.29, 0.717) is 12.6 Å². The molecular weight excluding hydrogens is 417 g/mol. The lowest BCUT2D eigenvalue weighted by Gasteiger charge is -2.33. The minimum atomic E-state index is -0.473. The molecule has 6 nitrogen and oxygen atoms in total. The topological polar surface area (TPSA) is 63.1 Å². The van der Waals surface area contributed by atoms with Crippen molar-refractivity contribution in [3.8, 4) is 0 Å². The SMILES string of the molecule is Cc1cc2nc(N3CCC(C(=O)NC4CCCC4)CC3)n(Cc3ccc(F)nc3)c2cc1C. The van der Waals surface area contributed by atoms with Gasteiger partial charge in [-0.3, -0.25) is 4.79 Å². The third-order valence-electron chi connectivity index (χ3n) is 7.32. The number of nitrogens with one attached hydrogen (secondary N) is 1. The molecule has 0 atom stereocenters. The molecule has 0 bridgehead atoms. The lowest BCUT2D eigenvalue weighted by molar-refractivity contribution is -0.126. The Bertz CT molecular complexity index is 1140. The van der Waals surface area contributed by atoms with Crippen LogP contribution in [0, 0.1) is 25.7 Å². The molecule has 1 aliphatic carbocycles. The Hall–Kier alpha value is -2.96. The number of aromatic nitrogens is 3. The summed E-state index contributed by atoms with van der Waals surface area (Å²) in [6.07, 6.45) is 7.93. The number of rotatable bonds is 5. The summed E-state index contributed by atoms with van der Waals surface area (Å²) < 4.78 is 15.5. The van der Waals surface area contributed by atoms with Crippen LogP contribution in [0.4, 0.5) is 10.3 Å². The van der Waals surface area contributed by atoms with Crippen molar-refractivity contribution in [2.24, 2.45) is 5.92 Å². The van der Waals surface area contributed by atoms with Crippen molar-refractivity contribution in [2.45, 2.75) is 65.0 Å². The van der Waals surface area contributed by atoms with Crippen LogP contribution in [0.1, 0.15) is 55.2 Å². The highest BCUT2D eigenvalue weighted by Gasteiger charge is 2.29. The van der Waals surface area contributed by atoms with E-state index in [1.807, 2.05) is 0 Å². The maximum atomic E-state index is 13.3. The van der Waals surface area contributed by atoms with Crippen molar-refractivity contribution in [2.75, 3.05) is 18.0 Å². The number of anilines is 1. The summed E-state index contributed by atoms with van der Waals surface area (Å²) in [5, 5.41) is 3.27. The number of hydrogen-bond acceptors (Lipinski definition) is 4. The highest BCUT2D eigenvalue weighted by Crippen LogP contribution is 2.30. The number of carbonyl (C=O) groups is 1. The van der Waals surface area contributed by atoms with Gasteiger partial charge in [0.25, 0.3) is 0 Å². The van der Waals surface area contributed by atoms with E-state index in [0.717, 1.165) is 61.3 Å². The van der Waals surface area contributed by atoms with E-state index in [9.17, 15) is 9.18 Å². The van der Waals surface area contributed by atoms with Crippen LogP contribution >= 0.6 is 0 Å². The minimum Gasteiger partial charge on any atom is -0.353 e. The Morgan fingerprint density at radius 1 is 1.09 bits per heavy atom. The van der Waals surface area contributed by atoms with Crippen LogP contribution in [0.3, 0.4) is 0 Å². The summed E-state index contributed by atoms with van der Waals surface area (Å²) in [6.45, 7) is 6.38.